The van der Waals surface area contributed by atoms with Crippen LogP contribution in [0.1, 0.15) is 36.8 Å². The smallest absolute Gasteiger partial charge is 0.256 e. The van der Waals surface area contributed by atoms with Gasteiger partial charge >= 0.3 is 0 Å². The lowest BCUT2D eigenvalue weighted by Crippen LogP contribution is -2.47. The van der Waals surface area contributed by atoms with E-state index >= 15 is 0 Å². The van der Waals surface area contributed by atoms with Crippen molar-refractivity contribution in [2.45, 2.75) is 43.4 Å². The van der Waals surface area contributed by atoms with Crippen LogP contribution in [0.3, 0.4) is 0 Å². The van der Waals surface area contributed by atoms with E-state index in [1.54, 1.807) is 12.1 Å². The minimum absolute atomic E-state index is 0.165. The van der Waals surface area contributed by atoms with Gasteiger partial charge in [0, 0.05) is 10.3 Å². The Morgan fingerprint density at radius 1 is 1.38 bits per heavy atom. The molecule has 0 aromatic heterocycles. The van der Waals surface area contributed by atoms with E-state index in [9.17, 15) is 9.90 Å². The van der Waals surface area contributed by atoms with Crippen molar-refractivity contribution in [1.29, 1.82) is 0 Å². The van der Waals surface area contributed by atoms with Crippen LogP contribution in [-0.4, -0.2) is 21.8 Å². The lowest BCUT2D eigenvalue weighted by Gasteiger charge is -2.35. The van der Waals surface area contributed by atoms with Gasteiger partial charge in [-0.15, -0.1) is 0 Å². The van der Waals surface area contributed by atoms with Crippen LogP contribution in [0.15, 0.2) is 24.0 Å². The lowest BCUT2D eigenvalue weighted by atomic mass is 9.80. The number of hydrogen-bond donors (Lipinski definition) is 3. The second kappa shape index (κ2) is 5.25. The molecule has 1 aromatic rings. The summed E-state index contributed by atoms with van der Waals surface area (Å²) in [5, 5.41) is 14.6. The minimum atomic E-state index is -0.611. The number of thiol groups is 1. The van der Waals surface area contributed by atoms with E-state index < -0.39 is 5.54 Å². The number of hydrogen-bond acceptors (Lipinski definition) is 3. The number of nitrogens with one attached hydrogen (secondary N) is 1. The maximum atomic E-state index is 12.4. The number of aliphatic hydroxyl groups excluding tert-OH is 1. The molecular weight excluding hydrogens is 306 g/mol. The number of amides is 1. The summed E-state index contributed by atoms with van der Waals surface area (Å²) in [4.78, 5) is 12.4. The van der Waals surface area contributed by atoms with Crippen LogP contribution in [0, 0.1) is 6.92 Å². The van der Waals surface area contributed by atoms with Gasteiger partial charge in [0.05, 0.1) is 11.1 Å². The number of benzene rings is 1. The number of rotatable bonds is 1. The minimum Gasteiger partial charge on any atom is -0.509 e. The zero-order valence-corrected chi connectivity index (χ0v) is 13.5. The highest BCUT2D eigenvalue weighted by Gasteiger charge is 2.47. The van der Waals surface area contributed by atoms with Gasteiger partial charge in [0.25, 0.3) is 5.91 Å². The molecule has 0 saturated heterocycles. The molecule has 0 unspecified atom stereocenters. The number of halogens is 1. The number of aliphatic hydroxyl groups is 1. The SMILES string of the molecule is Cc1ccc(Cl)cc1C1=C(O)C2(CCC(S)CC2)NC1=O. The number of aryl methyl sites for hydroxylation is 1. The molecule has 1 spiro atoms. The fourth-order valence-electron chi connectivity index (χ4n) is 3.26. The quantitative estimate of drug-likeness (QED) is 0.691. The molecule has 5 heteroatoms. The fourth-order valence-corrected chi connectivity index (χ4v) is 3.69. The molecule has 1 fully saturated rings. The molecule has 21 heavy (non-hydrogen) atoms. The first-order chi connectivity index (χ1) is 9.93. The summed E-state index contributed by atoms with van der Waals surface area (Å²) in [5.41, 5.74) is 1.39. The van der Waals surface area contributed by atoms with Gasteiger partial charge in [-0.25, -0.2) is 0 Å². The Labute approximate surface area is 134 Å². The summed E-state index contributed by atoms with van der Waals surface area (Å²) in [6.45, 7) is 1.91. The first kappa shape index (κ1) is 14.8. The molecule has 0 radical (unpaired) electrons. The highest BCUT2D eigenvalue weighted by molar-refractivity contribution is 7.80. The molecule has 0 bridgehead atoms. The highest BCUT2D eigenvalue weighted by Crippen LogP contribution is 2.43. The van der Waals surface area contributed by atoms with E-state index in [0.717, 1.165) is 31.2 Å². The first-order valence-corrected chi connectivity index (χ1v) is 8.03. The summed E-state index contributed by atoms with van der Waals surface area (Å²) >= 11 is 10.5. The number of carbonyl (C=O) groups excluding carboxylic acids is 1. The maximum absolute atomic E-state index is 12.4. The summed E-state index contributed by atoms with van der Waals surface area (Å²) in [6, 6.07) is 5.39. The molecular formula is C16H18ClNO2S. The largest absolute Gasteiger partial charge is 0.509 e. The van der Waals surface area contributed by atoms with E-state index in [1.807, 2.05) is 13.0 Å². The van der Waals surface area contributed by atoms with E-state index in [1.165, 1.54) is 0 Å². The predicted octanol–water partition coefficient (Wildman–Crippen LogP) is 3.66. The van der Waals surface area contributed by atoms with Crippen LogP contribution in [0.2, 0.25) is 5.02 Å². The Hall–Kier alpha value is -1.13. The Balaban J connectivity index is 2.06. The Morgan fingerprint density at radius 3 is 2.71 bits per heavy atom. The zero-order valence-electron chi connectivity index (χ0n) is 11.8. The van der Waals surface area contributed by atoms with Crippen molar-refractivity contribution in [2.24, 2.45) is 0 Å². The molecule has 1 aromatic carbocycles. The van der Waals surface area contributed by atoms with Gasteiger partial charge in [0.15, 0.2) is 0 Å². The second-order valence-corrected chi connectivity index (χ2v) is 7.12. The average molecular weight is 324 g/mol. The fraction of sp³-hybridized carbons (Fsp3) is 0.438. The van der Waals surface area contributed by atoms with Crippen molar-refractivity contribution in [3.8, 4) is 0 Å². The molecule has 2 N–H and O–H groups in total. The third kappa shape index (κ3) is 2.44. The summed E-state index contributed by atoms with van der Waals surface area (Å²) in [7, 11) is 0. The van der Waals surface area contributed by atoms with Gasteiger partial charge in [0.2, 0.25) is 0 Å². The van der Waals surface area contributed by atoms with Crippen LogP contribution < -0.4 is 5.32 Å². The normalized spacial score (nSPS) is 29.1. The predicted molar refractivity (Wildman–Crippen MR) is 87.9 cm³/mol. The maximum Gasteiger partial charge on any atom is 0.256 e. The van der Waals surface area contributed by atoms with Crippen LogP contribution in [0.25, 0.3) is 5.57 Å². The summed E-state index contributed by atoms with van der Waals surface area (Å²) in [5.74, 6) is -0.0476. The molecule has 112 valence electrons. The third-order valence-electron chi connectivity index (χ3n) is 4.55. The lowest BCUT2D eigenvalue weighted by molar-refractivity contribution is -0.116. The van der Waals surface area contributed by atoms with E-state index in [0.29, 0.717) is 21.4 Å². The third-order valence-corrected chi connectivity index (χ3v) is 5.30. The number of carbonyl (C=O) groups is 1. The first-order valence-electron chi connectivity index (χ1n) is 7.14. The van der Waals surface area contributed by atoms with Gasteiger partial charge in [-0.05, 0) is 55.9 Å². The van der Waals surface area contributed by atoms with Gasteiger partial charge in [0.1, 0.15) is 5.76 Å². The topological polar surface area (TPSA) is 49.3 Å². The van der Waals surface area contributed by atoms with Crippen molar-refractivity contribution >= 4 is 35.7 Å². The molecule has 3 rings (SSSR count). The van der Waals surface area contributed by atoms with Crippen LogP contribution in [0.5, 0.6) is 0 Å². The van der Waals surface area contributed by atoms with Gasteiger partial charge in [-0.3, -0.25) is 4.79 Å². The van der Waals surface area contributed by atoms with Crippen molar-refractivity contribution in [2.75, 3.05) is 0 Å². The summed E-state index contributed by atoms with van der Waals surface area (Å²) < 4.78 is 0. The van der Waals surface area contributed by atoms with Crippen LogP contribution in [-0.2, 0) is 4.79 Å². The molecule has 0 atom stereocenters. The highest BCUT2D eigenvalue weighted by atomic mass is 35.5. The molecule has 3 nitrogen and oxygen atoms in total. The second-order valence-electron chi connectivity index (χ2n) is 5.95. The Bertz CT molecular complexity index is 633. The zero-order chi connectivity index (χ0) is 15.2. The van der Waals surface area contributed by atoms with E-state index in [2.05, 4.69) is 17.9 Å². The van der Waals surface area contributed by atoms with Crippen molar-refractivity contribution < 1.29 is 9.90 Å². The van der Waals surface area contributed by atoms with E-state index in [4.69, 9.17) is 11.6 Å². The molecule has 1 amide bonds. The van der Waals surface area contributed by atoms with Crippen molar-refractivity contribution in [3.05, 3.63) is 40.1 Å². The van der Waals surface area contributed by atoms with Gasteiger partial charge < -0.3 is 10.4 Å². The van der Waals surface area contributed by atoms with Crippen molar-refractivity contribution in [3.63, 3.8) is 0 Å². The van der Waals surface area contributed by atoms with E-state index in [-0.39, 0.29) is 11.7 Å². The Kier molecular flexibility index (Phi) is 3.70. The van der Waals surface area contributed by atoms with Gasteiger partial charge in [-0.1, -0.05) is 17.7 Å². The average Bonchev–Trinajstić information content (AvgIpc) is 2.68. The van der Waals surface area contributed by atoms with Crippen LogP contribution in [0.4, 0.5) is 0 Å². The molecule has 1 heterocycles. The Morgan fingerprint density at radius 2 is 2.05 bits per heavy atom. The van der Waals surface area contributed by atoms with Gasteiger partial charge in [-0.2, -0.15) is 12.6 Å². The molecule has 2 aliphatic rings. The molecule has 1 aliphatic heterocycles. The molecule has 1 saturated carbocycles. The summed E-state index contributed by atoms with van der Waals surface area (Å²) in [6.07, 6.45) is 3.22. The van der Waals surface area contributed by atoms with Crippen molar-refractivity contribution in [1.82, 2.24) is 5.32 Å². The standard InChI is InChI=1S/C16H18ClNO2S/c1-9-2-3-10(17)8-12(9)13-14(19)16(18-15(13)20)6-4-11(21)5-7-16/h2-3,8,11,19,21H,4-7H2,1H3,(H,18,20). The molecule has 1 aliphatic carbocycles. The van der Waals surface area contributed by atoms with Crippen LogP contribution >= 0.6 is 24.2 Å². The monoisotopic (exact) mass is 323 g/mol.